The molecule has 1 heterocycles. The first-order chi connectivity index (χ1) is 37.2. The quantitative estimate of drug-likeness (QED) is 0.0506. The second kappa shape index (κ2) is 24.3. The zero-order valence-electron chi connectivity index (χ0n) is 47.0. The average molecular weight is 1010 g/mol. The molecule has 7 aromatic rings. The normalized spacial score (nSPS) is 14.4. The molecule has 0 radical (unpaired) electrons. The highest BCUT2D eigenvalue weighted by molar-refractivity contribution is 5.97. The molecule has 0 fully saturated rings. The minimum Gasteiger partial charge on any atom is -0.494 e. The Labute approximate surface area is 456 Å². The SMILES string of the molecule is CCCCCCCCOc1ccc(N2c3ccc(C)cc3Oc3cc(-c4ccc5c(c4)C4(c6cc(C)ccc6-5)c5cc(C)c(C)cc5-c5cc(OCCCCCCCC)c(OCCCCCCCC)cc54)ccc32)cc1. The highest BCUT2D eigenvalue weighted by Gasteiger charge is 2.52. The Kier molecular flexibility index (Phi) is 16.9. The molecule has 3 aliphatic rings. The molecule has 1 unspecified atom stereocenters. The van der Waals surface area contributed by atoms with E-state index < -0.39 is 5.41 Å². The lowest BCUT2D eigenvalue weighted by atomic mass is 9.69. The van der Waals surface area contributed by atoms with Crippen LogP contribution in [-0.2, 0) is 5.41 Å². The van der Waals surface area contributed by atoms with Gasteiger partial charge in [0.15, 0.2) is 23.0 Å². The summed E-state index contributed by atoms with van der Waals surface area (Å²) in [6.45, 7) is 17.8. The number of anilines is 3. The van der Waals surface area contributed by atoms with Gasteiger partial charge in [0.2, 0.25) is 0 Å². The number of hydrogen-bond donors (Lipinski definition) is 0. The van der Waals surface area contributed by atoms with Gasteiger partial charge in [0, 0.05) is 5.69 Å². The van der Waals surface area contributed by atoms with Crippen LogP contribution >= 0.6 is 0 Å². The van der Waals surface area contributed by atoms with Crippen molar-refractivity contribution in [2.24, 2.45) is 0 Å². The van der Waals surface area contributed by atoms with Crippen LogP contribution in [0, 0.1) is 27.7 Å². The van der Waals surface area contributed by atoms with Gasteiger partial charge in [0.25, 0.3) is 0 Å². The summed E-state index contributed by atoms with van der Waals surface area (Å²) < 4.78 is 26.9. The third-order valence-corrected chi connectivity index (χ3v) is 16.6. The van der Waals surface area contributed by atoms with E-state index in [4.69, 9.17) is 18.9 Å². The number of fused-ring (bicyclic) bond motifs is 12. The Bertz CT molecular complexity index is 3130. The lowest BCUT2D eigenvalue weighted by molar-refractivity contribution is 0.258. The van der Waals surface area contributed by atoms with Crippen LogP contribution < -0.4 is 23.8 Å². The average Bonchev–Trinajstić information content (AvgIpc) is 4.08. The maximum Gasteiger partial charge on any atom is 0.161 e. The van der Waals surface area contributed by atoms with Crippen LogP contribution in [0.5, 0.6) is 28.7 Å². The molecule has 1 atom stereocenters. The highest BCUT2D eigenvalue weighted by Crippen LogP contribution is 2.65. The number of unbranched alkanes of at least 4 members (excludes halogenated alkanes) is 15. The highest BCUT2D eigenvalue weighted by atomic mass is 16.5. The maximum absolute atomic E-state index is 6.94. The fraction of sp³-hybridized carbons (Fsp3) is 0.408. The van der Waals surface area contributed by atoms with Gasteiger partial charge in [-0.15, -0.1) is 0 Å². The summed E-state index contributed by atoms with van der Waals surface area (Å²) in [5, 5.41) is 0. The van der Waals surface area contributed by atoms with Gasteiger partial charge >= 0.3 is 0 Å². The Hall–Kier alpha value is -6.46. The van der Waals surface area contributed by atoms with E-state index in [2.05, 4.69) is 175 Å². The standard InChI is InChI=1S/C71H83NO4/c1-8-11-14-17-20-23-38-73-56-32-30-55(31-33-56)72-65-36-27-50(5)42-67(65)76-68-46-54(29-37-66(68)72)53-28-35-58-57-34-26-49(4)41-61(57)71(63(58)45-53)62-44-52(7)51(6)43-59(62)60-47-69(74-39-24-21-18-15-12-9-2)70(48-64(60)71)75-40-25-22-19-16-13-10-3/h26-37,41-48H,8-25,38-40H2,1-7H3. The second-order valence-electron chi connectivity index (χ2n) is 22.3. The molecule has 76 heavy (non-hydrogen) atoms. The van der Waals surface area contributed by atoms with Crippen molar-refractivity contribution < 1.29 is 18.9 Å². The molecule has 0 amide bonds. The number of nitrogens with zero attached hydrogens (tertiary/aromatic N) is 1. The Balaban J connectivity index is 1.04. The number of ether oxygens (including phenoxy) is 4. The lowest BCUT2D eigenvalue weighted by Crippen LogP contribution is -2.26. The van der Waals surface area contributed by atoms with Crippen molar-refractivity contribution in [3.8, 4) is 62.1 Å². The van der Waals surface area contributed by atoms with Gasteiger partial charge in [-0.2, -0.15) is 0 Å². The van der Waals surface area contributed by atoms with E-state index in [1.807, 2.05) is 0 Å². The van der Waals surface area contributed by atoms with E-state index in [-0.39, 0.29) is 0 Å². The summed E-state index contributed by atoms with van der Waals surface area (Å²) in [5.41, 5.74) is 20.1. The molecule has 0 N–H and O–H groups in total. The predicted molar refractivity (Wildman–Crippen MR) is 318 cm³/mol. The van der Waals surface area contributed by atoms with Gasteiger partial charge < -0.3 is 23.8 Å². The molecule has 7 aromatic carbocycles. The molecule has 0 aromatic heterocycles. The maximum atomic E-state index is 6.94. The van der Waals surface area contributed by atoms with Gasteiger partial charge in [-0.25, -0.2) is 0 Å². The number of rotatable bonds is 26. The smallest absolute Gasteiger partial charge is 0.161 e. The van der Waals surface area contributed by atoms with Crippen molar-refractivity contribution in [3.05, 3.63) is 166 Å². The first-order valence-electron chi connectivity index (χ1n) is 29.5. The van der Waals surface area contributed by atoms with E-state index in [1.165, 1.54) is 158 Å². The summed E-state index contributed by atoms with van der Waals surface area (Å²) >= 11 is 0. The number of hydrogen-bond acceptors (Lipinski definition) is 5. The summed E-state index contributed by atoms with van der Waals surface area (Å²) in [7, 11) is 0. The van der Waals surface area contributed by atoms with Crippen LogP contribution in [0.3, 0.4) is 0 Å². The Morgan fingerprint density at radius 3 is 1.50 bits per heavy atom. The number of aryl methyl sites for hydroxylation is 4. The Morgan fingerprint density at radius 1 is 0.382 bits per heavy atom. The predicted octanol–water partition coefficient (Wildman–Crippen LogP) is 20.7. The zero-order chi connectivity index (χ0) is 52.6. The van der Waals surface area contributed by atoms with Gasteiger partial charge in [0.1, 0.15) is 5.75 Å². The van der Waals surface area contributed by atoms with E-state index in [1.54, 1.807) is 0 Å². The van der Waals surface area contributed by atoms with Crippen LogP contribution in [0.25, 0.3) is 33.4 Å². The Morgan fingerprint density at radius 2 is 0.842 bits per heavy atom. The van der Waals surface area contributed by atoms with Crippen LogP contribution in [-0.4, -0.2) is 19.8 Å². The van der Waals surface area contributed by atoms with E-state index in [0.717, 1.165) is 88.4 Å². The fourth-order valence-corrected chi connectivity index (χ4v) is 12.3. The van der Waals surface area contributed by atoms with E-state index in [0.29, 0.717) is 13.2 Å². The number of benzene rings is 7. The molecule has 0 bridgehead atoms. The van der Waals surface area contributed by atoms with Crippen molar-refractivity contribution >= 4 is 17.1 Å². The molecule has 0 saturated heterocycles. The molecule has 1 aliphatic heterocycles. The molecule has 2 aliphatic carbocycles. The van der Waals surface area contributed by atoms with Crippen LogP contribution in [0.15, 0.2) is 121 Å². The third-order valence-electron chi connectivity index (χ3n) is 16.6. The summed E-state index contributed by atoms with van der Waals surface area (Å²) in [5.74, 6) is 4.31. The molecule has 1 spiro atoms. The largest absolute Gasteiger partial charge is 0.494 e. The summed E-state index contributed by atoms with van der Waals surface area (Å²) in [6.07, 6.45) is 22.1. The van der Waals surface area contributed by atoms with Gasteiger partial charge in [-0.1, -0.05) is 177 Å². The van der Waals surface area contributed by atoms with E-state index >= 15 is 0 Å². The fourth-order valence-electron chi connectivity index (χ4n) is 12.3. The van der Waals surface area contributed by atoms with Crippen LogP contribution in [0.1, 0.15) is 181 Å². The van der Waals surface area contributed by atoms with Gasteiger partial charge in [0.05, 0.1) is 36.6 Å². The van der Waals surface area contributed by atoms with Crippen molar-refractivity contribution in [1.29, 1.82) is 0 Å². The van der Waals surface area contributed by atoms with E-state index in [9.17, 15) is 0 Å². The summed E-state index contributed by atoms with van der Waals surface area (Å²) in [6, 6.07) is 45.8. The molecule has 5 heteroatoms. The monoisotopic (exact) mass is 1010 g/mol. The minimum absolute atomic E-state index is 0.575. The zero-order valence-corrected chi connectivity index (χ0v) is 47.0. The second-order valence-corrected chi connectivity index (χ2v) is 22.3. The first-order valence-corrected chi connectivity index (χ1v) is 29.5. The van der Waals surface area contributed by atoms with Crippen molar-refractivity contribution in [1.82, 2.24) is 0 Å². The first kappa shape index (κ1) is 53.0. The molecule has 0 saturated carbocycles. The minimum atomic E-state index is -0.575. The van der Waals surface area contributed by atoms with Crippen LogP contribution in [0.4, 0.5) is 17.1 Å². The lowest BCUT2D eigenvalue weighted by Gasteiger charge is -2.33. The molecular weight excluding hydrogens is 931 g/mol. The van der Waals surface area contributed by atoms with Crippen molar-refractivity contribution in [3.63, 3.8) is 0 Å². The molecule has 5 nitrogen and oxygen atoms in total. The van der Waals surface area contributed by atoms with Crippen molar-refractivity contribution in [2.75, 3.05) is 24.7 Å². The van der Waals surface area contributed by atoms with Crippen molar-refractivity contribution in [2.45, 2.75) is 169 Å². The van der Waals surface area contributed by atoms with Crippen LogP contribution in [0.2, 0.25) is 0 Å². The summed E-state index contributed by atoms with van der Waals surface area (Å²) in [4.78, 5) is 2.33. The molecular formula is C71H83NO4. The molecule has 10 rings (SSSR count). The van der Waals surface area contributed by atoms with Gasteiger partial charge in [-0.05, 0) is 186 Å². The topological polar surface area (TPSA) is 40.2 Å². The third kappa shape index (κ3) is 10.8. The van der Waals surface area contributed by atoms with Gasteiger partial charge in [-0.3, -0.25) is 0 Å². The molecule has 396 valence electrons.